The number of hydrogen-bond acceptors (Lipinski definition) is 3. The van der Waals surface area contributed by atoms with Gasteiger partial charge in [0.25, 0.3) is 10.0 Å². The highest BCUT2D eigenvalue weighted by atomic mass is 79.9. The maximum Gasteiger partial charge on any atom is 0.263 e. The van der Waals surface area contributed by atoms with Crippen molar-refractivity contribution in [3.63, 3.8) is 0 Å². The molecule has 0 aromatic heterocycles. The van der Waals surface area contributed by atoms with Crippen molar-refractivity contribution in [1.29, 1.82) is 0 Å². The van der Waals surface area contributed by atoms with Crippen molar-refractivity contribution in [2.75, 3.05) is 4.72 Å². The second-order valence-electron chi connectivity index (χ2n) is 4.15. The molecular weight excluding hydrogens is 385 g/mol. The van der Waals surface area contributed by atoms with E-state index in [1.807, 2.05) is 0 Å². The molecule has 0 atom stereocenters. The summed E-state index contributed by atoms with van der Waals surface area (Å²) in [7, 11) is -3.94. The van der Waals surface area contributed by atoms with Crippen molar-refractivity contribution < 1.29 is 17.9 Å². The van der Waals surface area contributed by atoms with E-state index in [0.29, 0.717) is 5.56 Å². The topological polar surface area (TPSA) is 66.4 Å². The fourth-order valence-electron chi connectivity index (χ4n) is 1.64. The lowest BCUT2D eigenvalue weighted by Crippen LogP contribution is -2.14. The largest absolute Gasteiger partial charge is 0.392 e. The Bertz CT molecular complexity index is 783. The lowest BCUT2D eigenvalue weighted by Gasteiger charge is -2.11. The fraction of sp³-hybridized carbons (Fsp3) is 0.0769. The van der Waals surface area contributed by atoms with Crippen LogP contribution in [0.4, 0.5) is 10.1 Å². The van der Waals surface area contributed by atoms with Gasteiger partial charge in [0.15, 0.2) is 0 Å². The molecule has 0 heterocycles. The summed E-state index contributed by atoms with van der Waals surface area (Å²) < 4.78 is 40.3. The predicted octanol–water partition coefficient (Wildman–Crippen LogP) is 3.53. The van der Waals surface area contributed by atoms with E-state index in [9.17, 15) is 12.8 Å². The molecule has 4 nitrogen and oxygen atoms in total. The highest BCUT2D eigenvalue weighted by Gasteiger charge is 2.19. The van der Waals surface area contributed by atoms with Gasteiger partial charge in [-0.2, -0.15) is 0 Å². The molecule has 21 heavy (non-hydrogen) atoms. The summed E-state index contributed by atoms with van der Waals surface area (Å²) in [5, 5.41) is 9.10. The number of rotatable bonds is 4. The molecule has 0 spiro atoms. The summed E-state index contributed by atoms with van der Waals surface area (Å²) in [6.07, 6.45) is 0. The second kappa shape index (κ2) is 6.31. The molecule has 2 rings (SSSR count). The Kier molecular flexibility index (Phi) is 4.88. The van der Waals surface area contributed by atoms with E-state index in [4.69, 9.17) is 16.7 Å². The number of aliphatic hydroxyl groups is 1. The van der Waals surface area contributed by atoms with Crippen LogP contribution in [0, 0.1) is 5.82 Å². The molecule has 0 aliphatic rings. The van der Waals surface area contributed by atoms with Crippen molar-refractivity contribution in [3.8, 4) is 0 Å². The zero-order valence-electron chi connectivity index (χ0n) is 10.5. The summed E-state index contributed by atoms with van der Waals surface area (Å²) in [6.45, 7) is -0.206. The summed E-state index contributed by atoms with van der Waals surface area (Å²) in [5.41, 5.74) is 0.513. The van der Waals surface area contributed by atoms with E-state index in [2.05, 4.69) is 20.7 Å². The molecular formula is C13H10BrClFNO3S. The van der Waals surface area contributed by atoms with Crippen LogP contribution < -0.4 is 4.72 Å². The van der Waals surface area contributed by atoms with Crippen LogP contribution in [0.1, 0.15) is 5.56 Å². The Labute approximate surface area is 134 Å². The molecule has 0 radical (unpaired) electrons. The third kappa shape index (κ3) is 3.74. The maximum atomic E-state index is 13.2. The number of nitrogens with one attached hydrogen (secondary N) is 1. The van der Waals surface area contributed by atoms with Gasteiger partial charge in [-0.1, -0.05) is 17.7 Å². The van der Waals surface area contributed by atoms with Gasteiger partial charge >= 0.3 is 0 Å². The third-order valence-corrected chi connectivity index (χ3v) is 5.31. The molecule has 0 bridgehead atoms. The average molecular weight is 395 g/mol. The number of benzene rings is 2. The van der Waals surface area contributed by atoms with Crippen LogP contribution in [0.2, 0.25) is 5.02 Å². The Hall–Kier alpha value is -1.15. The molecule has 8 heteroatoms. The standard InChI is InChI=1S/C13H10BrClFNO3S/c14-10-5-8(7-18)1-4-13(10)21(19,20)17-12-6-9(16)2-3-11(12)15/h1-6,17-18H,7H2. The predicted molar refractivity (Wildman–Crippen MR) is 82.3 cm³/mol. The summed E-state index contributed by atoms with van der Waals surface area (Å²) in [5.74, 6) is -0.605. The van der Waals surface area contributed by atoms with Crippen LogP contribution in [0.25, 0.3) is 0 Å². The minimum atomic E-state index is -3.94. The lowest BCUT2D eigenvalue weighted by atomic mass is 10.2. The van der Waals surface area contributed by atoms with Crippen LogP contribution >= 0.6 is 27.5 Å². The monoisotopic (exact) mass is 393 g/mol. The van der Waals surface area contributed by atoms with Crippen molar-refractivity contribution in [2.45, 2.75) is 11.5 Å². The smallest absolute Gasteiger partial charge is 0.263 e. The highest BCUT2D eigenvalue weighted by molar-refractivity contribution is 9.10. The summed E-state index contributed by atoms with van der Waals surface area (Å²) in [6, 6.07) is 7.69. The van der Waals surface area contributed by atoms with Gasteiger partial charge in [-0.25, -0.2) is 12.8 Å². The first-order valence-corrected chi connectivity index (χ1v) is 8.36. The zero-order chi connectivity index (χ0) is 15.6. The second-order valence-corrected chi connectivity index (χ2v) is 7.06. The minimum absolute atomic E-state index is 0.0416. The van der Waals surface area contributed by atoms with E-state index in [1.54, 1.807) is 0 Å². The maximum absolute atomic E-state index is 13.2. The first-order chi connectivity index (χ1) is 9.83. The molecule has 0 saturated carbocycles. The Morgan fingerprint density at radius 1 is 1.24 bits per heavy atom. The van der Waals surface area contributed by atoms with Gasteiger partial charge in [0.2, 0.25) is 0 Å². The molecule has 0 aliphatic carbocycles. The Morgan fingerprint density at radius 3 is 2.57 bits per heavy atom. The van der Waals surface area contributed by atoms with Gasteiger partial charge in [-0.15, -0.1) is 0 Å². The van der Waals surface area contributed by atoms with E-state index in [-0.39, 0.29) is 26.7 Å². The fourth-order valence-corrected chi connectivity index (χ4v) is 4.05. The number of halogens is 3. The van der Waals surface area contributed by atoms with Crippen LogP contribution in [-0.2, 0) is 16.6 Å². The Balaban J connectivity index is 2.41. The van der Waals surface area contributed by atoms with Crippen LogP contribution in [0.5, 0.6) is 0 Å². The lowest BCUT2D eigenvalue weighted by molar-refractivity contribution is 0.281. The van der Waals surface area contributed by atoms with Gasteiger partial charge < -0.3 is 5.11 Å². The molecule has 2 aromatic carbocycles. The van der Waals surface area contributed by atoms with Gasteiger partial charge in [0.1, 0.15) is 10.7 Å². The van der Waals surface area contributed by atoms with Gasteiger partial charge in [-0.05, 0) is 51.8 Å². The summed E-state index contributed by atoms with van der Waals surface area (Å²) in [4.78, 5) is -0.0416. The Morgan fingerprint density at radius 2 is 1.95 bits per heavy atom. The van der Waals surface area contributed by atoms with Crippen LogP contribution in [0.15, 0.2) is 45.8 Å². The molecule has 2 aromatic rings. The SMILES string of the molecule is O=S(=O)(Nc1cc(F)ccc1Cl)c1ccc(CO)cc1Br. The van der Waals surface area contributed by atoms with E-state index in [0.717, 1.165) is 12.1 Å². The average Bonchev–Trinajstić information content (AvgIpc) is 2.42. The van der Waals surface area contributed by atoms with Crippen LogP contribution in [-0.4, -0.2) is 13.5 Å². The summed E-state index contributed by atoms with van der Waals surface area (Å²) >= 11 is 8.97. The van der Waals surface area contributed by atoms with Crippen LogP contribution in [0.3, 0.4) is 0 Å². The molecule has 0 unspecified atom stereocenters. The van der Waals surface area contributed by atoms with Crippen molar-refractivity contribution >= 4 is 43.2 Å². The van der Waals surface area contributed by atoms with Crippen molar-refractivity contribution in [1.82, 2.24) is 0 Å². The first-order valence-electron chi connectivity index (χ1n) is 5.70. The van der Waals surface area contributed by atoms with Gasteiger partial charge in [0.05, 0.1) is 17.3 Å². The minimum Gasteiger partial charge on any atom is -0.392 e. The van der Waals surface area contributed by atoms with E-state index >= 15 is 0 Å². The number of hydrogen-bond donors (Lipinski definition) is 2. The van der Waals surface area contributed by atoms with Gasteiger partial charge in [0, 0.05) is 4.47 Å². The first kappa shape index (κ1) is 16.2. The quantitative estimate of drug-likeness (QED) is 0.833. The molecule has 0 amide bonds. The third-order valence-electron chi connectivity index (χ3n) is 2.64. The number of sulfonamides is 1. The van der Waals surface area contributed by atoms with Crippen molar-refractivity contribution in [3.05, 3.63) is 57.3 Å². The van der Waals surface area contributed by atoms with Gasteiger partial charge in [-0.3, -0.25) is 4.72 Å². The van der Waals surface area contributed by atoms with E-state index in [1.165, 1.54) is 24.3 Å². The van der Waals surface area contributed by atoms with E-state index < -0.39 is 15.8 Å². The number of aliphatic hydroxyl groups excluding tert-OH is 1. The molecule has 2 N–H and O–H groups in total. The molecule has 0 fully saturated rings. The zero-order valence-corrected chi connectivity index (χ0v) is 13.6. The number of anilines is 1. The highest BCUT2D eigenvalue weighted by Crippen LogP contribution is 2.29. The van der Waals surface area contributed by atoms with Crippen molar-refractivity contribution in [2.24, 2.45) is 0 Å². The molecule has 112 valence electrons. The molecule has 0 saturated heterocycles. The molecule has 0 aliphatic heterocycles. The normalized spacial score (nSPS) is 11.4.